The summed E-state index contributed by atoms with van der Waals surface area (Å²) in [4.78, 5) is 0. The van der Waals surface area contributed by atoms with Crippen LogP contribution in [0.5, 0.6) is 5.75 Å². The standard InChI is InChI=1S/C12H17BrO4S/c1-12(2,18(4,15)16)11(14)9-6-5-8(17-3)7-10(9)13/h5-7,11,14H,1-4H3. The Labute approximate surface area is 116 Å². The van der Waals surface area contributed by atoms with Gasteiger partial charge < -0.3 is 9.84 Å². The van der Waals surface area contributed by atoms with E-state index in [9.17, 15) is 13.5 Å². The summed E-state index contributed by atoms with van der Waals surface area (Å²) in [5.74, 6) is 0.634. The van der Waals surface area contributed by atoms with Gasteiger partial charge >= 0.3 is 0 Å². The van der Waals surface area contributed by atoms with Crippen LogP contribution in [0.3, 0.4) is 0 Å². The molecule has 1 aromatic rings. The molecule has 0 saturated heterocycles. The minimum atomic E-state index is -3.38. The second-order valence-electron chi connectivity index (χ2n) is 4.67. The lowest BCUT2D eigenvalue weighted by atomic mass is 9.98. The molecule has 1 unspecified atom stereocenters. The molecule has 1 N–H and O–H groups in total. The summed E-state index contributed by atoms with van der Waals surface area (Å²) in [5, 5.41) is 10.3. The van der Waals surface area contributed by atoms with Crippen LogP contribution < -0.4 is 4.74 Å². The first kappa shape index (κ1) is 15.5. The molecule has 1 aromatic carbocycles. The molecule has 0 aliphatic rings. The predicted octanol–water partition coefficient (Wildman–Crippen LogP) is 2.31. The van der Waals surface area contributed by atoms with Crippen LogP contribution in [0, 0.1) is 0 Å². The van der Waals surface area contributed by atoms with Crippen molar-refractivity contribution in [3.8, 4) is 5.75 Å². The number of aliphatic hydroxyl groups is 1. The highest BCUT2D eigenvalue weighted by atomic mass is 79.9. The van der Waals surface area contributed by atoms with Gasteiger partial charge in [0.1, 0.15) is 5.75 Å². The summed E-state index contributed by atoms with van der Waals surface area (Å²) in [6.45, 7) is 3.01. The summed E-state index contributed by atoms with van der Waals surface area (Å²) < 4.78 is 27.8. The van der Waals surface area contributed by atoms with Crippen molar-refractivity contribution in [1.29, 1.82) is 0 Å². The molecule has 0 amide bonds. The molecule has 4 nitrogen and oxygen atoms in total. The molecule has 0 aliphatic carbocycles. The zero-order chi connectivity index (χ0) is 14.1. The molecule has 0 heterocycles. The van der Waals surface area contributed by atoms with Crippen molar-refractivity contribution in [2.24, 2.45) is 0 Å². The van der Waals surface area contributed by atoms with Crippen molar-refractivity contribution in [2.45, 2.75) is 24.7 Å². The van der Waals surface area contributed by atoms with Crippen LogP contribution in [0.2, 0.25) is 0 Å². The fraction of sp³-hybridized carbons (Fsp3) is 0.500. The summed E-state index contributed by atoms with van der Waals surface area (Å²) in [6, 6.07) is 5.03. The summed E-state index contributed by atoms with van der Waals surface area (Å²) in [7, 11) is -1.84. The van der Waals surface area contributed by atoms with E-state index in [0.29, 0.717) is 15.8 Å². The van der Waals surface area contributed by atoms with Gasteiger partial charge in [0.2, 0.25) is 0 Å². The number of hydrogen-bond donors (Lipinski definition) is 1. The van der Waals surface area contributed by atoms with Gasteiger partial charge in [-0.1, -0.05) is 22.0 Å². The molecular formula is C12H17BrO4S. The fourth-order valence-corrected chi connectivity index (χ4v) is 2.54. The van der Waals surface area contributed by atoms with Crippen LogP contribution in [-0.2, 0) is 9.84 Å². The second kappa shape index (κ2) is 5.19. The van der Waals surface area contributed by atoms with E-state index in [4.69, 9.17) is 4.74 Å². The van der Waals surface area contributed by atoms with Crippen LogP contribution in [0.4, 0.5) is 0 Å². The number of halogens is 1. The third-order valence-corrected chi connectivity index (χ3v) is 5.94. The number of sulfone groups is 1. The van der Waals surface area contributed by atoms with E-state index in [1.807, 2.05) is 0 Å². The molecule has 0 saturated carbocycles. The number of methoxy groups -OCH3 is 1. The molecule has 102 valence electrons. The van der Waals surface area contributed by atoms with Crippen LogP contribution in [0.1, 0.15) is 25.5 Å². The van der Waals surface area contributed by atoms with Gasteiger partial charge in [0.25, 0.3) is 0 Å². The Morgan fingerprint density at radius 1 is 1.39 bits per heavy atom. The molecule has 6 heteroatoms. The fourth-order valence-electron chi connectivity index (χ4n) is 1.43. The van der Waals surface area contributed by atoms with Gasteiger partial charge in [-0.3, -0.25) is 0 Å². The molecule has 0 aliphatic heterocycles. The molecular weight excluding hydrogens is 320 g/mol. The monoisotopic (exact) mass is 336 g/mol. The summed E-state index contributed by atoms with van der Waals surface area (Å²) in [5.41, 5.74) is 0.520. The van der Waals surface area contributed by atoms with Crippen LogP contribution in [-0.4, -0.2) is 31.6 Å². The van der Waals surface area contributed by atoms with Crippen molar-refractivity contribution in [2.75, 3.05) is 13.4 Å². The Hall–Kier alpha value is -0.590. The Bertz CT molecular complexity index is 537. The minimum Gasteiger partial charge on any atom is -0.497 e. The lowest BCUT2D eigenvalue weighted by molar-refractivity contribution is 0.138. The van der Waals surface area contributed by atoms with E-state index in [1.165, 1.54) is 21.0 Å². The zero-order valence-corrected chi connectivity index (χ0v) is 13.2. The highest BCUT2D eigenvalue weighted by molar-refractivity contribution is 9.10. The van der Waals surface area contributed by atoms with Gasteiger partial charge in [0, 0.05) is 10.7 Å². The number of ether oxygens (including phenoxy) is 1. The molecule has 1 rings (SSSR count). The first-order valence-corrected chi connectivity index (χ1v) is 8.01. The highest BCUT2D eigenvalue weighted by Crippen LogP contribution is 2.36. The SMILES string of the molecule is COc1ccc(C(O)C(C)(C)S(C)(=O)=O)c(Br)c1. The summed E-state index contributed by atoms with van der Waals surface area (Å²) in [6.07, 6.45) is 0.000903. The van der Waals surface area contributed by atoms with E-state index < -0.39 is 20.7 Å². The number of aliphatic hydroxyl groups excluding tert-OH is 1. The van der Waals surface area contributed by atoms with Crippen molar-refractivity contribution < 1.29 is 18.3 Å². The van der Waals surface area contributed by atoms with Crippen molar-refractivity contribution in [3.05, 3.63) is 28.2 Å². The molecule has 1 atom stereocenters. The molecule has 0 spiro atoms. The maximum absolute atomic E-state index is 11.7. The first-order chi connectivity index (χ1) is 8.11. The van der Waals surface area contributed by atoms with Crippen LogP contribution in [0.15, 0.2) is 22.7 Å². The largest absolute Gasteiger partial charge is 0.497 e. The van der Waals surface area contributed by atoms with Gasteiger partial charge in [-0.25, -0.2) is 8.42 Å². The topological polar surface area (TPSA) is 63.6 Å². The highest BCUT2D eigenvalue weighted by Gasteiger charge is 2.39. The van der Waals surface area contributed by atoms with Gasteiger partial charge in [-0.15, -0.1) is 0 Å². The molecule has 0 aromatic heterocycles. The Balaban J connectivity index is 3.24. The summed E-state index contributed by atoms with van der Waals surface area (Å²) >= 11 is 3.31. The molecule has 0 fully saturated rings. The quantitative estimate of drug-likeness (QED) is 0.916. The minimum absolute atomic E-state index is 0.520. The van der Waals surface area contributed by atoms with Gasteiger partial charge in [0.05, 0.1) is 18.0 Å². The first-order valence-electron chi connectivity index (χ1n) is 5.32. The van der Waals surface area contributed by atoms with E-state index in [2.05, 4.69) is 15.9 Å². The third-order valence-electron chi connectivity index (χ3n) is 3.12. The van der Waals surface area contributed by atoms with Crippen LogP contribution >= 0.6 is 15.9 Å². The predicted molar refractivity (Wildman–Crippen MR) is 74.6 cm³/mol. The average molecular weight is 337 g/mol. The number of rotatable bonds is 4. The van der Waals surface area contributed by atoms with Gasteiger partial charge in [-0.2, -0.15) is 0 Å². The van der Waals surface area contributed by atoms with E-state index in [-0.39, 0.29) is 0 Å². The normalized spacial score (nSPS) is 14.3. The van der Waals surface area contributed by atoms with E-state index in [0.717, 1.165) is 6.26 Å². The Morgan fingerprint density at radius 2 is 1.94 bits per heavy atom. The Kier molecular flexibility index (Phi) is 4.46. The number of hydrogen-bond acceptors (Lipinski definition) is 4. The molecule has 0 bridgehead atoms. The lowest BCUT2D eigenvalue weighted by Crippen LogP contribution is -2.38. The molecule has 0 radical (unpaired) electrons. The number of benzene rings is 1. The van der Waals surface area contributed by atoms with Crippen molar-refractivity contribution in [1.82, 2.24) is 0 Å². The van der Waals surface area contributed by atoms with E-state index in [1.54, 1.807) is 18.2 Å². The third kappa shape index (κ3) is 2.87. The molecule has 18 heavy (non-hydrogen) atoms. The zero-order valence-electron chi connectivity index (χ0n) is 10.8. The maximum atomic E-state index is 11.7. The van der Waals surface area contributed by atoms with Crippen molar-refractivity contribution >= 4 is 25.8 Å². The van der Waals surface area contributed by atoms with Gasteiger partial charge in [0.15, 0.2) is 9.84 Å². The average Bonchev–Trinajstić information content (AvgIpc) is 2.26. The van der Waals surface area contributed by atoms with E-state index >= 15 is 0 Å². The van der Waals surface area contributed by atoms with Crippen LogP contribution in [0.25, 0.3) is 0 Å². The Morgan fingerprint density at radius 3 is 2.33 bits per heavy atom. The van der Waals surface area contributed by atoms with Gasteiger partial charge in [-0.05, 0) is 31.5 Å². The lowest BCUT2D eigenvalue weighted by Gasteiger charge is -2.29. The second-order valence-corrected chi connectivity index (χ2v) is 8.12. The maximum Gasteiger partial charge on any atom is 0.155 e. The van der Waals surface area contributed by atoms with Crippen molar-refractivity contribution in [3.63, 3.8) is 0 Å². The smallest absolute Gasteiger partial charge is 0.155 e.